The summed E-state index contributed by atoms with van der Waals surface area (Å²) < 4.78 is 34.3. The maximum absolute atomic E-state index is 12.8. The lowest BCUT2D eigenvalue weighted by atomic mass is 10.0. The second kappa shape index (κ2) is 57.6. The topological polar surface area (TPSA) is 111 Å². The molecule has 446 valence electrons. The third-order valence-electron chi connectivity index (χ3n) is 14.4. The van der Waals surface area contributed by atoms with Crippen LogP contribution in [0.4, 0.5) is 0 Å². The van der Waals surface area contributed by atoms with E-state index in [4.69, 9.17) is 18.5 Å². The zero-order chi connectivity index (χ0) is 55.6. The van der Waals surface area contributed by atoms with Crippen molar-refractivity contribution in [2.75, 3.05) is 47.5 Å². The molecule has 2 unspecified atom stereocenters. The number of quaternary nitrogens is 1. The van der Waals surface area contributed by atoms with Gasteiger partial charge in [0, 0.05) is 12.8 Å². The van der Waals surface area contributed by atoms with Crippen molar-refractivity contribution in [2.45, 2.75) is 315 Å². The first-order valence-corrected chi connectivity index (χ1v) is 33.8. The van der Waals surface area contributed by atoms with E-state index in [0.717, 1.165) is 70.6 Å². The van der Waals surface area contributed by atoms with Crippen molar-refractivity contribution < 1.29 is 42.1 Å². The number of carbonyl (C=O) groups excluding carboxylic acids is 2. The Morgan fingerprint density at radius 2 is 0.750 bits per heavy atom. The Hall–Kier alpha value is -2.03. The van der Waals surface area contributed by atoms with Gasteiger partial charge in [-0.2, -0.15) is 0 Å². The smallest absolute Gasteiger partial charge is 0.306 e. The Bertz CT molecular complexity index is 1420. The van der Waals surface area contributed by atoms with Gasteiger partial charge in [-0.1, -0.05) is 294 Å². The molecule has 76 heavy (non-hydrogen) atoms. The maximum atomic E-state index is 12.8. The molecular weight excluding hydrogens is 966 g/mol. The lowest BCUT2D eigenvalue weighted by Crippen LogP contribution is -2.37. The maximum Gasteiger partial charge on any atom is 0.306 e. The number of hydrogen-bond donors (Lipinski definition) is 0. The van der Waals surface area contributed by atoms with E-state index in [1.54, 1.807) is 0 Å². The Morgan fingerprint density at radius 3 is 1.12 bits per heavy atom. The molecule has 0 aromatic carbocycles. The van der Waals surface area contributed by atoms with Gasteiger partial charge in [-0.15, -0.1) is 0 Å². The number of ether oxygens (including phenoxy) is 2. The molecule has 0 aliphatic carbocycles. The summed E-state index contributed by atoms with van der Waals surface area (Å²) >= 11 is 0. The Balaban J connectivity index is 4.05. The Kier molecular flexibility index (Phi) is 56.1. The molecule has 0 heterocycles. The molecule has 10 heteroatoms. The lowest BCUT2D eigenvalue weighted by molar-refractivity contribution is -0.870. The minimum Gasteiger partial charge on any atom is -0.756 e. The van der Waals surface area contributed by atoms with Crippen LogP contribution in [0.3, 0.4) is 0 Å². The average Bonchev–Trinajstić information content (AvgIpc) is 3.38. The number of unbranched alkanes of at least 4 members (excludes halogenated alkanes) is 38. The molecule has 0 radical (unpaired) electrons. The third kappa shape index (κ3) is 61.2. The number of phosphoric ester groups is 1. The van der Waals surface area contributed by atoms with Gasteiger partial charge in [0.25, 0.3) is 7.82 Å². The van der Waals surface area contributed by atoms with Crippen LogP contribution in [0.2, 0.25) is 0 Å². The molecule has 0 rings (SSSR count). The largest absolute Gasteiger partial charge is 0.756 e. The number of carbonyl (C=O) groups is 2. The highest BCUT2D eigenvalue weighted by atomic mass is 31.2. The summed E-state index contributed by atoms with van der Waals surface area (Å²) in [5.74, 6) is -0.824. The van der Waals surface area contributed by atoms with Crippen molar-refractivity contribution in [1.82, 2.24) is 0 Å². The fourth-order valence-electron chi connectivity index (χ4n) is 9.42. The van der Waals surface area contributed by atoms with Crippen molar-refractivity contribution in [3.8, 4) is 0 Å². The van der Waals surface area contributed by atoms with Gasteiger partial charge in [-0.05, 0) is 51.4 Å². The highest BCUT2D eigenvalue weighted by Gasteiger charge is 2.22. The predicted molar refractivity (Wildman–Crippen MR) is 324 cm³/mol. The van der Waals surface area contributed by atoms with Gasteiger partial charge in [0.15, 0.2) is 6.10 Å². The van der Waals surface area contributed by atoms with Gasteiger partial charge in [0.1, 0.15) is 19.8 Å². The van der Waals surface area contributed by atoms with Gasteiger partial charge < -0.3 is 27.9 Å². The fourth-order valence-corrected chi connectivity index (χ4v) is 10.1. The molecule has 0 fully saturated rings. The molecule has 0 spiro atoms. The SMILES string of the molecule is CC/C=C\C/C=C\C/C=C\C/C=C\CCCCCCCCCCCCC(=O)OC(COC(=O)CCCCCCCCCCCCCCCCCCCCCCCCCCCCCCC)COP(=O)([O-])OCC[N+](C)(C)C. The summed E-state index contributed by atoms with van der Waals surface area (Å²) in [5, 5.41) is 0. The molecule has 9 nitrogen and oxygen atoms in total. The van der Waals surface area contributed by atoms with E-state index in [-0.39, 0.29) is 32.0 Å². The van der Waals surface area contributed by atoms with Crippen LogP contribution in [-0.2, 0) is 32.7 Å². The first-order valence-electron chi connectivity index (χ1n) is 32.3. The zero-order valence-electron chi connectivity index (χ0n) is 50.7. The number of rotatable bonds is 60. The monoisotopic (exact) mass is 1090 g/mol. The van der Waals surface area contributed by atoms with Gasteiger partial charge in [-0.3, -0.25) is 14.2 Å². The van der Waals surface area contributed by atoms with Crippen LogP contribution in [0, 0.1) is 0 Å². The molecule has 0 N–H and O–H groups in total. The average molecular weight is 1090 g/mol. The molecule has 0 aliphatic rings. The third-order valence-corrected chi connectivity index (χ3v) is 15.3. The summed E-state index contributed by atoms with van der Waals surface area (Å²) in [6, 6.07) is 0. The van der Waals surface area contributed by atoms with E-state index in [2.05, 4.69) is 62.5 Å². The predicted octanol–water partition coefficient (Wildman–Crippen LogP) is 19.9. The van der Waals surface area contributed by atoms with Gasteiger partial charge in [0.2, 0.25) is 0 Å². The number of likely N-dealkylation sites (N-methyl/N-ethyl adjacent to an activating group) is 1. The van der Waals surface area contributed by atoms with E-state index < -0.39 is 26.5 Å². The van der Waals surface area contributed by atoms with E-state index in [9.17, 15) is 19.0 Å². The van der Waals surface area contributed by atoms with E-state index >= 15 is 0 Å². The molecule has 0 aromatic rings. The molecule has 0 aliphatic heterocycles. The van der Waals surface area contributed by atoms with E-state index in [0.29, 0.717) is 17.4 Å². The molecule has 0 amide bonds. The Labute approximate surface area is 471 Å². The Morgan fingerprint density at radius 1 is 0.421 bits per heavy atom. The van der Waals surface area contributed by atoms with Crippen LogP contribution in [0.5, 0.6) is 0 Å². The standard InChI is InChI=1S/C66H124NO8P/c1-6-8-10-12-14-16-18-20-22-24-26-28-30-31-32-33-34-35-37-38-40-42-44-46-48-50-52-54-56-58-65(68)72-62-64(63-74-76(70,71)73-61-60-67(3,4)5)75-66(69)59-57-55-53-51-49-47-45-43-41-39-36-29-27-25-23-21-19-17-15-13-11-9-7-2/h9,11,15,17,21,23,27,29,64H,6-8,10,12-14,16,18-20,22,24-26,28,30-63H2,1-5H3/b11-9-,17-15-,23-21-,29-27-. The van der Waals surface area contributed by atoms with Crippen molar-refractivity contribution in [3.05, 3.63) is 48.6 Å². The number of hydrogen-bond acceptors (Lipinski definition) is 8. The number of nitrogens with zero attached hydrogens (tertiary/aromatic N) is 1. The van der Waals surface area contributed by atoms with Gasteiger partial charge in [-0.25, -0.2) is 0 Å². The number of phosphoric acid groups is 1. The van der Waals surface area contributed by atoms with Crippen LogP contribution in [0.1, 0.15) is 309 Å². The van der Waals surface area contributed by atoms with Crippen LogP contribution in [0.15, 0.2) is 48.6 Å². The first-order chi connectivity index (χ1) is 37.0. The number of allylic oxidation sites excluding steroid dienone is 8. The summed E-state index contributed by atoms with van der Waals surface area (Å²) in [6.07, 6.45) is 73.2. The van der Waals surface area contributed by atoms with E-state index in [1.165, 1.54) is 205 Å². The summed E-state index contributed by atoms with van der Waals surface area (Å²) in [7, 11) is 1.17. The summed E-state index contributed by atoms with van der Waals surface area (Å²) in [6.45, 7) is 4.17. The minimum atomic E-state index is -4.64. The molecular formula is C66H124NO8P. The number of esters is 2. The van der Waals surface area contributed by atoms with Gasteiger partial charge >= 0.3 is 11.9 Å². The molecule has 0 bridgehead atoms. The minimum absolute atomic E-state index is 0.0311. The van der Waals surface area contributed by atoms with E-state index in [1.807, 2.05) is 21.1 Å². The van der Waals surface area contributed by atoms with Crippen LogP contribution in [0.25, 0.3) is 0 Å². The fraction of sp³-hybridized carbons (Fsp3) is 0.848. The molecule has 0 saturated carbocycles. The first kappa shape index (κ1) is 74.0. The van der Waals surface area contributed by atoms with Crippen molar-refractivity contribution in [3.63, 3.8) is 0 Å². The zero-order valence-corrected chi connectivity index (χ0v) is 51.6. The van der Waals surface area contributed by atoms with Crippen molar-refractivity contribution in [1.29, 1.82) is 0 Å². The van der Waals surface area contributed by atoms with Crippen molar-refractivity contribution in [2.24, 2.45) is 0 Å². The molecule has 0 saturated heterocycles. The second-order valence-corrected chi connectivity index (χ2v) is 24.5. The quantitative estimate of drug-likeness (QED) is 0.0195. The second-order valence-electron chi connectivity index (χ2n) is 23.1. The van der Waals surface area contributed by atoms with Crippen LogP contribution in [-0.4, -0.2) is 70.0 Å². The lowest BCUT2D eigenvalue weighted by Gasteiger charge is -2.28. The van der Waals surface area contributed by atoms with Crippen molar-refractivity contribution >= 4 is 19.8 Å². The summed E-state index contributed by atoms with van der Waals surface area (Å²) in [4.78, 5) is 38.0. The summed E-state index contributed by atoms with van der Waals surface area (Å²) in [5.41, 5.74) is 0. The molecule has 2 atom stereocenters. The van der Waals surface area contributed by atoms with Crippen LogP contribution >= 0.6 is 7.82 Å². The normalized spacial score (nSPS) is 13.5. The van der Waals surface area contributed by atoms with Gasteiger partial charge in [0.05, 0.1) is 27.7 Å². The highest BCUT2D eigenvalue weighted by molar-refractivity contribution is 7.45. The van der Waals surface area contributed by atoms with Crippen LogP contribution < -0.4 is 4.89 Å². The molecule has 0 aromatic heterocycles. The highest BCUT2D eigenvalue weighted by Crippen LogP contribution is 2.38.